The first-order chi connectivity index (χ1) is 10.9. The lowest BCUT2D eigenvalue weighted by atomic mass is 9.91. The van der Waals surface area contributed by atoms with Crippen molar-refractivity contribution in [3.63, 3.8) is 0 Å². The molecule has 0 aromatic heterocycles. The Hall–Kier alpha value is -1.64. The van der Waals surface area contributed by atoms with E-state index in [-0.39, 0.29) is 0 Å². The van der Waals surface area contributed by atoms with Crippen LogP contribution in [0.15, 0.2) is 54.6 Å². The SMILES string of the molecule is CC(C)c1ccccc1.CC(C)c1ccccc1C(C)C.OO. The summed E-state index contributed by atoms with van der Waals surface area (Å²) in [5, 5.41) is 12.0. The minimum absolute atomic E-state index is 0.642. The van der Waals surface area contributed by atoms with E-state index in [0.717, 1.165) is 0 Å². The van der Waals surface area contributed by atoms with Crippen LogP contribution in [0.2, 0.25) is 0 Å². The molecule has 0 saturated carbocycles. The minimum Gasteiger partial charge on any atom is -0.255 e. The predicted octanol–water partition coefficient (Wildman–Crippen LogP) is 6.76. The highest BCUT2D eigenvalue weighted by molar-refractivity contribution is 5.31. The summed E-state index contributed by atoms with van der Waals surface area (Å²) in [7, 11) is 0. The van der Waals surface area contributed by atoms with Gasteiger partial charge in [0.2, 0.25) is 0 Å². The molecule has 2 aromatic rings. The van der Waals surface area contributed by atoms with Gasteiger partial charge in [0.15, 0.2) is 0 Å². The van der Waals surface area contributed by atoms with E-state index >= 15 is 0 Å². The Labute approximate surface area is 141 Å². The standard InChI is InChI=1S/C12H18.C9H12.H2O2/c1-9(2)11-7-5-6-8-12(11)10(3)4;1-8(2)9-6-4-3-5-7-9;1-2/h5-10H,1-4H3;3-8H,1-2H3;1-2H. The summed E-state index contributed by atoms with van der Waals surface area (Å²) in [6.07, 6.45) is 0. The van der Waals surface area contributed by atoms with Crippen LogP contribution in [-0.2, 0) is 0 Å². The van der Waals surface area contributed by atoms with Crippen LogP contribution in [0.25, 0.3) is 0 Å². The van der Waals surface area contributed by atoms with Gasteiger partial charge in [0.1, 0.15) is 0 Å². The van der Waals surface area contributed by atoms with Crippen molar-refractivity contribution in [3.05, 3.63) is 71.3 Å². The van der Waals surface area contributed by atoms with Gasteiger partial charge in [-0.25, -0.2) is 0 Å². The van der Waals surface area contributed by atoms with E-state index in [2.05, 4.69) is 90.1 Å². The minimum atomic E-state index is 0.642. The molecule has 0 aliphatic carbocycles. The third-order valence-electron chi connectivity index (χ3n) is 3.71. The molecule has 2 nitrogen and oxygen atoms in total. The van der Waals surface area contributed by atoms with Crippen molar-refractivity contribution in [3.8, 4) is 0 Å². The van der Waals surface area contributed by atoms with Gasteiger partial charge in [-0.1, -0.05) is 96.1 Å². The fourth-order valence-corrected chi connectivity index (χ4v) is 2.40. The van der Waals surface area contributed by atoms with Gasteiger partial charge >= 0.3 is 0 Å². The highest BCUT2D eigenvalue weighted by Gasteiger charge is 2.07. The average Bonchev–Trinajstić information content (AvgIpc) is 2.58. The molecule has 2 N–H and O–H groups in total. The van der Waals surface area contributed by atoms with Crippen molar-refractivity contribution in [2.75, 3.05) is 0 Å². The lowest BCUT2D eigenvalue weighted by molar-refractivity contribution is -0.176. The van der Waals surface area contributed by atoms with Crippen LogP contribution >= 0.6 is 0 Å². The van der Waals surface area contributed by atoms with Crippen LogP contribution in [0.3, 0.4) is 0 Å². The Morgan fingerprint density at radius 2 is 0.870 bits per heavy atom. The van der Waals surface area contributed by atoms with Gasteiger partial charge in [0, 0.05) is 0 Å². The van der Waals surface area contributed by atoms with Crippen LogP contribution in [-0.4, -0.2) is 10.5 Å². The molecule has 0 radical (unpaired) electrons. The molecule has 2 aromatic carbocycles. The van der Waals surface area contributed by atoms with Gasteiger partial charge in [-0.2, -0.15) is 0 Å². The fourth-order valence-electron chi connectivity index (χ4n) is 2.40. The molecule has 128 valence electrons. The number of rotatable bonds is 3. The molecule has 0 atom stereocenters. The third kappa shape index (κ3) is 7.96. The predicted molar refractivity (Wildman–Crippen MR) is 100 cm³/mol. The second-order valence-electron chi connectivity index (χ2n) is 6.50. The topological polar surface area (TPSA) is 40.5 Å². The molecule has 0 bridgehead atoms. The van der Waals surface area contributed by atoms with E-state index in [1.54, 1.807) is 0 Å². The maximum atomic E-state index is 6.00. The van der Waals surface area contributed by atoms with E-state index in [9.17, 15) is 0 Å². The number of benzene rings is 2. The van der Waals surface area contributed by atoms with Crippen molar-refractivity contribution < 1.29 is 10.5 Å². The summed E-state index contributed by atoms with van der Waals surface area (Å²) >= 11 is 0. The summed E-state index contributed by atoms with van der Waals surface area (Å²) in [4.78, 5) is 0. The van der Waals surface area contributed by atoms with Gasteiger partial charge in [0.25, 0.3) is 0 Å². The second-order valence-corrected chi connectivity index (χ2v) is 6.50. The zero-order chi connectivity index (χ0) is 17.8. The second kappa shape index (κ2) is 11.9. The van der Waals surface area contributed by atoms with E-state index in [1.165, 1.54) is 16.7 Å². The maximum absolute atomic E-state index is 6.00. The maximum Gasteiger partial charge on any atom is -0.0216 e. The summed E-state index contributed by atoms with van der Waals surface area (Å²) in [5.74, 6) is 1.94. The highest BCUT2D eigenvalue weighted by Crippen LogP contribution is 2.25. The number of hydrogen-bond acceptors (Lipinski definition) is 2. The van der Waals surface area contributed by atoms with E-state index in [1.807, 2.05) is 6.07 Å². The summed E-state index contributed by atoms with van der Waals surface area (Å²) in [6, 6.07) is 19.2. The lowest BCUT2D eigenvalue weighted by Crippen LogP contribution is -1.97. The van der Waals surface area contributed by atoms with Gasteiger partial charge < -0.3 is 0 Å². The van der Waals surface area contributed by atoms with Crippen LogP contribution in [0.4, 0.5) is 0 Å². The van der Waals surface area contributed by atoms with Crippen molar-refractivity contribution in [2.24, 2.45) is 0 Å². The fraction of sp³-hybridized carbons (Fsp3) is 0.429. The molecule has 0 heterocycles. The molecular formula is C21H32O2. The molecule has 0 amide bonds. The molecule has 2 heteroatoms. The molecular weight excluding hydrogens is 284 g/mol. The smallest absolute Gasteiger partial charge is 0.0216 e. The summed E-state index contributed by atoms with van der Waals surface area (Å²) < 4.78 is 0. The normalized spacial score (nSPS) is 10.0. The molecule has 0 aliphatic heterocycles. The van der Waals surface area contributed by atoms with Crippen molar-refractivity contribution in [1.29, 1.82) is 0 Å². The zero-order valence-corrected chi connectivity index (χ0v) is 15.3. The monoisotopic (exact) mass is 316 g/mol. The van der Waals surface area contributed by atoms with E-state index in [4.69, 9.17) is 10.5 Å². The lowest BCUT2D eigenvalue weighted by Gasteiger charge is -2.14. The van der Waals surface area contributed by atoms with Crippen LogP contribution in [0.5, 0.6) is 0 Å². The van der Waals surface area contributed by atoms with Crippen LogP contribution in [0.1, 0.15) is 76.0 Å². The first-order valence-electron chi connectivity index (χ1n) is 8.27. The first kappa shape index (κ1) is 21.4. The van der Waals surface area contributed by atoms with Gasteiger partial charge in [-0.05, 0) is 34.4 Å². The Bertz CT molecular complexity index is 489. The summed E-state index contributed by atoms with van der Waals surface area (Å²) in [6.45, 7) is 13.4. The molecule has 0 unspecified atom stereocenters. The van der Waals surface area contributed by atoms with Crippen molar-refractivity contribution in [2.45, 2.75) is 59.3 Å². The zero-order valence-electron chi connectivity index (χ0n) is 15.3. The van der Waals surface area contributed by atoms with Crippen LogP contribution in [0, 0.1) is 0 Å². The Morgan fingerprint density at radius 3 is 1.13 bits per heavy atom. The van der Waals surface area contributed by atoms with Crippen molar-refractivity contribution in [1.82, 2.24) is 0 Å². The summed E-state index contributed by atoms with van der Waals surface area (Å²) in [5.41, 5.74) is 4.40. The highest BCUT2D eigenvalue weighted by atomic mass is 17.0. The number of hydrogen-bond donors (Lipinski definition) is 2. The molecule has 0 saturated heterocycles. The average molecular weight is 316 g/mol. The Kier molecular flexibility index (Phi) is 11.0. The molecule has 2 rings (SSSR count). The van der Waals surface area contributed by atoms with Gasteiger partial charge in [-0.3, -0.25) is 10.5 Å². The van der Waals surface area contributed by atoms with Crippen LogP contribution < -0.4 is 0 Å². The molecule has 0 spiro atoms. The first-order valence-corrected chi connectivity index (χ1v) is 8.27. The van der Waals surface area contributed by atoms with Gasteiger partial charge in [0.05, 0.1) is 0 Å². The molecule has 0 aliphatic rings. The molecule has 0 fully saturated rings. The molecule has 23 heavy (non-hydrogen) atoms. The Balaban J connectivity index is 0.000000392. The van der Waals surface area contributed by atoms with Crippen molar-refractivity contribution >= 4 is 0 Å². The quantitative estimate of drug-likeness (QED) is 0.485. The largest absolute Gasteiger partial charge is 0.255 e. The van der Waals surface area contributed by atoms with E-state index < -0.39 is 0 Å². The Morgan fingerprint density at radius 1 is 0.522 bits per heavy atom. The third-order valence-corrected chi connectivity index (χ3v) is 3.71. The van der Waals surface area contributed by atoms with E-state index in [0.29, 0.717) is 17.8 Å². The van der Waals surface area contributed by atoms with Gasteiger partial charge in [-0.15, -0.1) is 0 Å².